The van der Waals surface area contributed by atoms with Crippen molar-refractivity contribution in [3.8, 4) is 0 Å². The van der Waals surface area contributed by atoms with E-state index in [1.807, 2.05) is 0 Å². The second kappa shape index (κ2) is 6.00. The molecule has 1 fully saturated rings. The van der Waals surface area contributed by atoms with Crippen LogP contribution in [0.15, 0.2) is 4.52 Å². The summed E-state index contributed by atoms with van der Waals surface area (Å²) < 4.78 is 10.1. The minimum absolute atomic E-state index is 0.480. The molecule has 0 unspecified atom stereocenters. The number of nitrogens with zero attached hydrogens (tertiary/aromatic N) is 2. The lowest BCUT2D eigenvalue weighted by molar-refractivity contribution is 0.210. The van der Waals surface area contributed by atoms with Gasteiger partial charge in [-0.15, -0.1) is 0 Å². The predicted molar refractivity (Wildman–Crippen MR) is 65.0 cm³/mol. The summed E-state index contributed by atoms with van der Waals surface area (Å²) in [6.07, 6.45) is 4.90. The van der Waals surface area contributed by atoms with E-state index in [-0.39, 0.29) is 0 Å². The first-order valence-electron chi connectivity index (χ1n) is 6.36. The van der Waals surface area contributed by atoms with Crippen molar-refractivity contribution in [1.29, 1.82) is 0 Å². The zero-order valence-corrected chi connectivity index (χ0v) is 10.6. The molecule has 2 rings (SSSR count). The smallest absolute Gasteiger partial charge is 0.321 e. The lowest BCUT2D eigenvalue weighted by Gasteiger charge is -2.23. The highest BCUT2D eigenvalue weighted by Gasteiger charge is 2.23. The highest BCUT2D eigenvalue weighted by molar-refractivity contribution is 5.19. The summed E-state index contributed by atoms with van der Waals surface area (Å²) in [5, 5.41) is 7.10. The summed E-state index contributed by atoms with van der Waals surface area (Å²) in [5.74, 6) is 2.18. The van der Waals surface area contributed by atoms with Gasteiger partial charge in [0.05, 0.1) is 6.61 Å². The van der Waals surface area contributed by atoms with Crippen molar-refractivity contribution in [2.75, 3.05) is 25.6 Å². The van der Waals surface area contributed by atoms with Crippen molar-refractivity contribution in [2.24, 2.45) is 5.92 Å². The molecular formula is C12H21N3O2. The third-order valence-electron chi connectivity index (χ3n) is 3.41. The van der Waals surface area contributed by atoms with Crippen LogP contribution in [0.4, 0.5) is 6.01 Å². The molecule has 96 valence electrons. The molecule has 1 aliphatic carbocycles. The van der Waals surface area contributed by atoms with Crippen LogP contribution in [0.25, 0.3) is 0 Å². The molecule has 1 aliphatic rings. The van der Waals surface area contributed by atoms with Crippen molar-refractivity contribution < 1.29 is 9.26 Å². The molecule has 0 atom stereocenters. The number of methoxy groups -OCH3 is 1. The number of ether oxygens (including phenoxy) is 1. The Balaban J connectivity index is 1.85. The summed E-state index contributed by atoms with van der Waals surface area (Å²) in [5.41, 5.74) is 0. The number of rotatable bonds is 5. The first kappa shape index (κ1) is 12.4. The van der Waals surface area contributed by atoms with Crippen LogP contribution >= 0.6 is 0 Å². The Morgan fingerprint density at radius 2 is 2.12 bits per heavy atom. The van der Waals surface area contributed by atoms with Gasteiger partial charge in [0.15, 0.2) is 5.82 Å². The second-order valence-electron chi connectivity index (χ2n) is 4.83. The Bertz CT molecular complexity index is 332. The summed E-state index contributed by atoms with van der Waals surface area (Å²) in [4.78, 5) is 4.39. The Morgan fingerprint density at radius 3 is 2.82 bits per heavy atom. The zero-order valence-electron chi connectivity index (χ0n) is 10.6. The van der Waals surface area contributed by atoms with E-state index in [9.17, 15) is 0 Å². The summed E-state index contributed by atoms with van der Waals surface area (Å²) >= 11 is 0. The molecule has 1 aromatic heterocycles. The standard InChI is InChI=1S/C12H21N3O2/c1-9-3-5-10(6-4-9)11-14-12(17-15-11)13-7-8-16-2/h9-10H,3-8H2,1-2H3,(H,13,14,15). The number of hydrogen-bond acceptors (Lipinski definition) is 5. The van der Waals surface area contributed by atoms with Gasteiger partial charge in [-0.3, -0.25) is 0 Å². The third-order valence-corrected chi connectivity index (χ3v) is 3.41. The SMILES string of the molecule is COCCNc1nc(C2CCC(C)CC2)no1. The van der Waals surface area contributed by atoms with Gasteiger partial charge in [-0.2, -0.15) is 4.98 Å². The monoisotopic (exact) mass is 239 g/mol. The maximum Gasteiger partial charge on any atom is 0.321 e. The van der Waals surface area contributed by atoms with Crippen LogP contribution in [0.1, 0.15) is 44.3 Å². The molecule has 0 aromatic carbocycles. The first-order chi connectivity index (χ1) is 8.29. The van der Waals surface area contributed by atoms with E-state index >= 15 is 0 Å². The average Bonchev–Trinajstić information content (AvgIpc) is 2.79. The third kappa shape index (κ3) is 3.43. The van der Waals surface area contributed by atoms with Gasteiger partial charge in [-0.1, -0.05) is 24.9 Å². The summed E-state index contributed by atoms with van der Waals surface area (Å²) in [7, 11) is 1.67. The Morgan fingerprint density at radius 1 is 1.35 bits per heavy atom. The molecule has 0 amide bonds. The second-order valence-corrected chi connectivity index (χ2v) is 4.83. The number of anilines is 1. The minimum Gasteiger partial charge on any atom is -0.383 e. The lowest BCUT2D eigenvalue weighted by Crippen LogP contribution is -2.12. The Kier molecular flexibility index (Phi) is 4.36. The lowest BCUT2D eigenvalue weighted by atomic mass is 9.83. The van der Waals surface area contributed by atoms with Gasteiger partial charge >= 0.3 is 6.01 Å². The van der Waals surface area contributed by atoms with E-state index in [0.717, 1.165) is 11.7 Å². The summed E-state index contributed by atoms with van der Waals surface area (Å²) in [6.45, 7) is 3.64. The molecule has 0 saturated heterocycles. The van der Waals surface area contributed by atoms with E-state index in [2.05, 4.69) is 22.4 Å². The molecule has 17 heavy (non-hydrogen) atoms. The highest BCUT2D eigenvalue weighted by atomic mass is 16.5. The topological polar surface area (TPSA) is 60.2 Å². The van der Waals surface area contributed by atoms with Crippen LogP contribution in [-0.4, -0.2) is 30.4 Å². The van der Waals surface area contributed by atoms with Crippen molar-refractivity contribution in [3.63, 3.8) is 0 Å². The van der Waals surface area contributed by atoms with Crippen LogP contribution in [0.5, 0.6) is 0 Å². The predicted octanol–water partition coefficient (Wildman–Crippen LogP) is 2.42. The quantitative estimate of drug-likeness (QED) is 0.800. The molecule has 0 aliphatic heterocycles. The molecular weight excluding hydrogens is 218 g/mol. The van der Waals surface area contributed by atoms with Gasteiger partial charge in [-0.25, -0.2) is 0 Å². The van der Waals surface area contributed by atoms with Crippen molar-refractivity contribution in [2.45, 2.75) is 38.5 Å². The number of aromatic nitrogens is 2. The van der Waals surface area contributed by atoms with Crippen LogP contribution in [0, 0.1) is 5.92 Å². The van der Waals surface area contributed by atoms with Crippen LogP contribution < -0.4 is 5.32 Å². The largest absolute Gasteiger partial charge is 0.383 e. The first-order valence-corrected chi connectivity index (χ1v) is 6.36. The van der Waals surface area contributed by atoms with Crippen molar-refractivity contribution in [1.82, 2.24) is 10.1 Å². The van der Waals surface area contributed by atoms with Gasteiger partial charge < -0.3 is 14.6 Å². The molecule has 0 radical (unpaired) electrons. The maximum atomic E-state index is 5.16. The van der Waals surface area contributed by atoms with Crippen LogP contribution in [0.2, 0.25) is 0 Å². The molecule has 1 saturated carbocycles. The van der Waals surface area contributed by atoms with E-state index in [4.69, 9.17) is 9.26 Å². The molecule has 5 heteroatoms. The van der Waals surface area contributed by atoms with E-state index in [0.29, 0.717) is 25.1 Å². The Labute approximate surface area is 102 Å². The number of nitrogens with one attached hydrogen (secondary N) is 1. The molecule has 0 bridgehead atoms. The highest BCUT2D eigenvalue weighted by Crippen LogP contribution is 2.34. The van der Waals surface area contributed by atoms with Gasteiger partial charge in [0.25, 0.3) is 0 Å². The summed E-state index contributed by atoms with van der Waals surface area (Å²) in [6, 6.07) is 0.510. The fourth-order valence-electron chi connectivity index (χ4n) is 2.25. The average molecular weight is 239 g/mol. The zero-order chi connectivity index (χ0) is 12.1. The fraction of sp³-hybridized carbons (Fsp3) is 0.833. The van der Waals surface area contributed by atoms with Gasteiger partial charge in [0.1, 0.15) is 0 Å². The molecule has 1 aromatic rings. The van der Waals surface area contributed by atoms with Gasteiger partial charge in [0.2, 0.25) is 0 Å². The maximum absolute atomic E-state index is 5.16. The van der Waals surface area contributed by atoms with Gasteiger partial charge in [0, 0.05) is 19.6 Å². The molecule has 0 spiro atoms. The molecule has 1 N–H and O–H groups in total. The normalized spacial score (nSPS) is 24.8. The minimum atomic E-state index is 0.480. The van der Waals surface area contributed by atoms with Crippen molar-refractivity contribution >= 4 is 6.01 Å². The molecule has 5 nitrogen and oxygen atoms in total. The van der Waals surface area contributed by atoms with E-state index < -0.39 is 0 Å². The number of hydrogen-bond donors (Lipinski definition) is 1. The molecule has 1 heterocycles. The van der Waals surface area contributed by atoms with Crippen LogP contribution in [-0.2, 0) is 4.74 Å². The van der Waals surface area contributed by atoms with E-state index in [1.165, 1.54) is 25.7 Å². The fourth-order valence-corrected chi connectivity index (χ4v) is 2.25. The Hall–Kier alpha value is -1.10. The van der Waals surface area contributed by atoms with Crippen molar-refractivity contribution in [3.05, 3.63) is 5.82 Å². The van der Waals surface area contributed by atoms with Gasteiger partial charge in [-0.05, 0) is 18.8 Å². The van der Waals surface area contributed by atoms with E-state index in [1.54, 1.807) is 7.11 Å². The van der Waals surface area contributed by atoms with Crippen LogP contribution in [0.3, 0.4) is 0 Å².